The lowest BCUT2D eigenvalue weighted by Gasteiger charge is -2.43. The quantitative estimate of drug-likeness (QED) is 0.694. The first-order valence-corrected chi connectivity index (χ1v) is 8.57. The number of piperazine rings is 1. The van der Waals surface area contributed by atoms with Gasteiger partial charge in [-0.05, 0) is 37.6 Å². The molecule has 1 spiro atoms. The van der Waals surface area contributed by atoms with Gasteiger partial charge < -0.3 is 4.90 Å². The molecule has 2 unspecified atom stereocenters. The maximum absolute atomic E-state index is 2.82. The molecular formula is C17H34N2. The first-order chi connectivity index (χ1) is 9.09. The van der Waals surface area contributed by atoms with Crippen molar-refractivity contribution in [3.8, 4) is 0 Å². The molecule has 2 atom stereocenters. The van der Waals surface area contributed by atoms with Crippen molar-refractivity contribution in [1.82, 2.24) is 9.80 Å². The third kappa shape index (κ3) is 3.95. The molecule has 19 heavy (non-hydrogen) atoms. The van der Waals surface area contributed by atoms with Crippen LogP contribution in [-0.2, 0) is 0 Å². The fraction of sp³-hybridized carbons (Fsp3) is 1.00. The molecule has 0 aromatic carbocycles. The van der Waals surface area contributed by atoms with Crippen LogP contribution < -0.4 is 0 Å². The van der Waals surface area contributed by atoms with E-state index in [0.29, 0.717) is 5.54 Å². The lowest BCUT2D eigenvalue weighted by atomic mass is 10.0. The van der Waals surface area contributed by atoms with Crippen LogP contribution in [0.1, 0.15) is 59.8 Å². The van der Waals surface area contributed by atoms with Crippen molar-refractivity contribution in [3.05, 3.63) is 0 Å². The average molecular weight is 266 g/mol. The van der Waals surface area contributed by atoms with E-state index in [1.807, 2.05) is 0 Å². The van der Waals surface area contributed by atoms with Gasteiger partial charge in [-0.2, -0.15) is 0 Å². The summed E-state index contributed by atoms with van der Waals surface area (Å²) >= 11 is 0. The Balaban J connectivity index is 1.79. The first kappa shape index (κ1) is 15.3. The van der Waals surface area contributed by atoms with E-state index < -0.39 is 0 Å². The van der Waals surface area contributed by atoms with Gasteiger partial charge in [-0.15, -0.1) is 0 Å². The van der Waals surface area contributed by atoms with Crippen molar-refractivity contribution in [1.29, 1.82) is 0 Å². The van der Waals surface area contributed by atoms with E-state index in [-0.39, 0.29) is 0 Å². The highest BCUT2D eigenvalue weighted by molar-refractivity contribution is 5.08. The average Bonchev–Trinajstić information content (AvgIpc) is 3.19. The zero-order chi connectivity index (χ0) is 13.9. The lowest BCUT2D eigenvalue weighted by Crippen LogP contribution is -2.56. The Morgan fingerprint density at radius 1 is 1.00 bits per heavy atom. The standard InChI is InChI=1S/C17H34N2/c1-5-15(3)7-10-18-11-12-19(13-16(4)6-2)17(14-18)8-9-17/h15-16H,5-14H2,1-4H3. The predicted molar refractivity (Wildman–Crippen MR) is 83.5 cm³/mol. The molecule has 2 fully saturated rings. The van der Waals surface area contributed by atoms with Crippen molar-refractivity contribution in [3.63, 3.8) is 0 Å². The Kier molecular flexibility index (Phi) is 5.30. The molecule has 0 N–H and O–H groups in total. The van der Waals surface area contributed by atoms with Gasteiger partial charge in [0.15, 0.2) is 0 Å². The van der Waals surface area contributed by atoms with Crippen LogP contribution in [0.2, 0.25) is 0 Å². The summed E-state index contributed by atoms with van der Waals surface area (Å²) in [6.07, 6.45) is 6.94. The Labute approximate surface area is 120 Å². The summed E-state index contributed by atoms with van der Waals surface area (Å²) < 4.78 is 0. The van der Waals surface area contributed by atoms with Gasteiger partial charge in [0.1, 0.15) is 0 Å². The fourth-order valence-electron chi connectivity index (χ4n) is 3.30. The van der Waals surface area contributed by atoms with Gasteiger partial charge in [-0.3, -0.25) is 4.90 Å². The Morgan fingerprint density at radius 3 is 2.26 bits per heavy atom. The third-order valence-corrected chi connectivity index (χ3v) is 5.57. The molecule has 1 heterocycles. The second-order valence-electron chi connectivity index (χ2n) is 7.26. The maximum atomic E-state index is 2.82. The van der Waals surface area contributed by atoms with E-state index in [1.54, 1.807) is 0 Å². The zero-order valence-corrected chi connectivity index (χ0v) is 13.6. The second kappa shape index (κ2) is 6.58. The molecule has 0 radical (unpaired) electrons. The molecule has 1 saturated heterocycles. The summed E-state index contributed by atoms with van der Waals surface area (Å²) in [6, 6.07) is 0. The summed E-state index contributed by atoms with van der Waals surface area (Å²) in [4.78, 5) is 5.56. The lowest BCUT2D eigenvalue weighted by molar-refractivity contribution is 0.0458. The van der Waals surface area contributed by atoms with Crippen LogP contribution in [0.5, 0.6) is 0 Å². The molecule has 1 aliphatic heterocycles. The van der Waals surface area contributed by atoms with Crippen LogP contribution in [0.25, 0.3) is 0 Å². The summed E-state index contributed by atoms with van der Waals surface area (Å²) in [6.45, 7) is 16.1. The minimum Gasteiger partial charge on any atom is -0.300 e. The normalized spacial score (nSPS) is 26.5. The summed E-state index contributed by atoms with van der Waals surface area (Å²) in [5.41, 5.74) is 0.594. The zero-order valence-electron chi connectivity index (χ0n) is 13.6. The van der Waals surface area contributed by atoms with Crippen LogP contribution in [0, 0.1) is 11.8 Å². The monoisotopic (exact) mass is 266 g/mol. The van der Waals surface area contributed by atoms with Gasteiger partial charge >= 0.3 is 0 Å². The van der Waals surface area contributed by atoms with E-state index in [9.17, 15) is 0 Å². The highest BCUT2D eigenvalue weighted by Gasteiger charge is 2.50. The van der Waals surface area contributed by atoms with Crippen molar-refractivity contribution in [2.45, 2.75) is 65.3 Å². The Bertz CT molecular complexity index is 272. The minimum absolute atomic E-state index is 0.594. The van der Waals surface area contributed by atoms with Crippen LogP contribution in [0.4, 0.5) is 0 Å². The highest BCUT2D eigenvalue weighted by Crippen LogP contribution is 2.44. The topological polar surface area (TPSA) is 6.48 Å². The molecule has 2 heteroatoms. The van der Waals surface area contributed by atoms with Crippen LogP contribution in [0.3, 0.4) is 0 Å². The van der Waals surface area contributed by atoms with E-state index in [2.05, 4.69) is 37.5 Å². The Hall–Kier alpha value is -0.0800. The molecule has 0 aromatic heterocycles. The molecular weight excluding hydrogens is 232 g/mol. The Morgan fingerprint density at radius 2 is 1.68 bits per heavy atom. The van der Waals surface area contributed by atoms with E-state index in [1.165, 1.54) is 64.8 Å². The van der Waals surface area contributed by atoms with Gasteiger partial charge in [-0.25, -0.2) is 0 Å². The minimum atomic E-state index is 0.594. The molecule has 0 amide bonds. The molecule has 1 saturated carbocycles. The predicted octanol–water partition coefficient (Wildman–Crippen LogP) is 3.62. The van der Waals surface area contributed by atoms with Gasteiger partial charge in [0, 0.05) is 31.7 Å². The molecule has 112 valence electrons. The first-order valence-electron chi connectivity index (χ1n) is 8.57. The van der Waals surface area contributed by atoms with E-state index >= 15 is 0 Å². The van der Waals surface area contributed by atoms with Crippen molar-refractivity contribution in [2.24, 2.45) is 11.8 Å². The molecule has 0 bridgehead atoms. The fourth-order valence-corrected chi connectivity index (χ4v) is 3.30. The molecule has 2 nitrogen and oxygen atoms in total. The highest BCUT2D eigenvalue weighted by atomic mass is 15.3. The maximum Gasteiger partial charge on any atom is 0.0338 e. The summed E-state index contributed by atoms with van der Waals surface area (Å²) in [5, 5.41) is 0. The van der Waals surface area contributed by atoms with Crippen molar-refractivity contribution < 1.29 is 0 Å². The third-order valence-electron chi connectivity index (χ3n) is 5.57. The van der Waals surface area contributed by atoms with Gasteiger partial charge in [0.05, 0.1) is 0 Å². The smallest absolute Gasteiger partial charge is 0.0338 e. The molecule has 1 aliphatic carbocycles. The summed E-state index contributed by atoms with van der Waals surface area (Å²) in [5.74, 6) is 1.76. The molecule has 2 rings (SSSR count). The van der Waals surface area contributed by atoms with Crippen LogP contribution in [-0.4, -0.2) is 48.1 Å². The number of rotatable bonds is 7. The van der Waals surface area contributed by atoms with Crippen LogP contribution >= 0.6 is 0 Å². The van der Waals surface area contributed by atoms with E-state index in [0.717, 1.165) is 11.8 Å². The number of nitrogens with zero attached hydrogens (tertiary/aromatic N) is 2. The van der Waals surface area contributed by atoms with Gasteiger partial charge in [-0.1, -0.05) is 40.5 Å². The van der Waals surface area contributed by atoms with Crippen molar-refractivity contribution >= 4 is 0 Å². The SMILES string of the molecule is CCC(C)CCN1CCN(CC(C)CC)C2(CC2)C1. The molecule has 2 aliphatic rings. The van der Waals surface area contributed by atoms with Crippen LogP contribution in [0.15, 0.2) is 0 Å². The number of hydrogen-bond donors (Lipinski definition) is 0. The van der Waals surface area contributed by atoms with Gasteiger partial charge in [0.2, 0.25) is 0 Å². The van der Waals surface area contributed by atoms with Gasteiger partial charge in [0.25, 0.3) is 0 Å². The largest absolute Gasteiger partial charge is 0.300 e. The van der Waals surface area contributed by atoms with E-state index in [4.69, 9.17) is 0 Å². The second-order valence-corrected chi connectivity index (χ2v) is 7.26. The van der Waals surface area contributed by atoms with Crippen molar-refractivity contribution in [2.75, 3.05) is 32.7 Å². The molecule has 0 aromatic rings. The summed E-state index contributed by atoms with van der Waals surface area (Å²) in [7, 11) is 0. The number of hydrogen-bond acceptors (Lipinski definition) is 2.